The minimum Gasteiger partial charge on any atom is -0.379 e. The number of guanidine groups is 1. The Hall–Kier alpha value is -0.650. The molecule has 2 saturated heterocycles. The topological polar surface area (TPSA) is 70.2 Å². The molecule has 0 amide bonds. The summed E-state index contributed by atoms with van der Waals surface area (Å²) in [5.41, 5.74) is 6.13. The number of aromatic nitrogens is 1. The van der Waals surface area contributed by atoms with E-state index in [4.69, 9.17) is 10.5 Å². The summed E-state index contributed by atoms with van der Waals surface area (Å²) in [4.78, 5) is 15.7. The minimum atomic E-state index is 0. The van der Waals surface area contributed by atoms with Crippen LogP contribution in [0, 0.1) is 0 Å². The molecule has 0 atom stereocenters. The highest BCUT2D eigenvalue weighted by atomic mass is 127. The number of piperazine rings is 1. The minimum absolute atomic E-state index is 0. The van der Waals surface area contributed by atoms with Gasteiger partial charge in [-0.05, 0) is 0 Å². The number of morpholine rings is 1. The number of halogens is 1. The van der Waals surface area contributed by atoms with Gasteiger partial charge in [0, 0.05) is 57.4 Å². The van der Waals surface area contributed by atoms with Gasteiger partial charge in [0.2, 0.25) is 0 Å². The Bertz CT molecular complexity index is 472. The van der Waals surface area contributed by atoms with Crippen LogP contribution in [-0.2, 0) is 4.74 Å². The van der Waals surface area contributed by atoms with Gasteiger partial charge in [-0.25, -0.2) is 4.98 Å². The van der Waals surface area contributed by atoms with Crippen LogP contribution in [0.15, 0.2) is 16.6 Å². The third-order valence-electron chi connectivity index (χ3n) is 4.09. The van der Waals surface area contributed by atoms with Crippen molar-refractivity contribution < 1.29 is 4.74 Å². The van der Waals surface area contributed by atoms with Crippen LogP contribution in [0.25, 0.3) is 0 Å². The van der Waals surface area contributed by atoms with Crippen molar-refractivity contribution in [3.8, 4) is 0 Å². The summed E-state index contributed by atoms with van der Waals surface area (Å²) < 4.78 is 5.34. The van der Waals surface area contributed by atoms with Crippen molar-refractivity contribution in [3.63, 3.8) is 0 Å². The highest BCUT2D eigenvalue weighted by Crippen LogP contribution is 2.18. The van der Waals surface area contributed by atoms with E-state index in [1.807, 2.05) is 11.6 Å². The van der Waals surface area contributed by atoms with Crippen molar-refractivity contribution in [2.45, 2.75) is 0 Å². The van der Waals surface area contributed by atoms with Gasteiger partial charge in [-0.2, -0.15) is 0 Å². The fraction of sp³-hybridized carbons (Fsp3) is 0.714. The molecule has 23 heavy (non-hydrogen) atoms. The molecule has 0 saturated carbocycles. The summed E-state index contributed by atoms with van der Waals surface area (Å²) in [7, 11) is 0. The summed E-state index contributed by atoms with van der Waals surface area (Å²) >= 11 is 1.69. The third-order valence-corrected chi connectivity index (χ3v) is 4.92. The van der Waals surface area contributed by atoms with Crippen LogP contribution >= 0.6 is 35.3 Å². The Morgan fingerprint density at radius 3 is 2.61 bits per heavy atom. The summed E-state index contributed by atoms with van der Waals surface area (Å²) in [6.07, 6.45) is 1.85. The Morgan fingerprint density at radius 2 is 1.96 bits per heavy atom. The molecule has 9 heteroatoms. The number of nitrogens with two attached hydrogens (primary N) is 1. The monoisotopic (exact) mass is 452 g/mol. The second-order valence-electron chi connectivity index (χ2n) is 5.48. The van der Waals surface area contributed by atoms with Gasteiger partial charge in [-0.1, -0.05) is 0 Å². The van der Waals surface area contributed by atoms with E-state index in [9.17, 15) is 0 Å². The Kier molecular flexibility index (Phi) is 7.80. The average Bonchev–Trinajstić information content (AvgIpc) is 3.10. The summed E-state index contributed by atoms with van der Waals surface area (Å²) in [5, 5.41) is 3.12. The van der Waals surface area contributed by atoms with Crippen molar-refractivity contribution in [2.24, 2.45) is 10.7 Å². The second-order valence-corrected chi connectivity index (χ2v) is 6.36. The number of aliphatic imine (C=N–C) groups is 1. The van der Waals surface area contributed by atoms with Gasteiger partial charge in [-0.15, -0.1) is 35.3 Å². The van der Waals surface area contributed by atoms with Crippen LogP contribution in [0.1, 0.15) is 0 Å². The summed E-state index contributed by atoms with van der Waals surface area (Å²) in [6, 6.07) is 0. The lowest BCUT2D eigenvalue weighted by Crippen LogP contribution is -2.51. The zero-order valence-electron chi connectivity index (χ0n) is 13.3. The van der Waals surface area contributed by atoms with E-state index in [1.54, 1.807) is 11.3 Å². The average molecular weight is 452 g/mol. The van der Waals surface area contributed by atoms with E-state index in [-0.39, 0.29) is 24.0 Å². The zero-order valence-corrected chi connectivity index (χ0v) is 16.4. The maximum atomic E-state index is 6.13. The molecule has 2 aliphatic rings. The van der Waals surface area contributed by atoms with Crippen LogP contribution in [0.3, 0.4) is 0 Å². The molecule has 0 bridgehead atoms. The lowest BCUT2D eigenvalue weighted by Gasteiger charge is -2.35. The fourth-order valence-electron chi connectivity index (χ4n) is 2.73. The molecular formula is C14H25IN6OS. The smallest absolute Gasteiger partial charge is 0.191 e. The Balaban J connectivity index is 0.00000192. The molecule has 1 aromatic rings. The maximum Gasteiger partial charge on any atom is 0.191 e. The molecule has 1 aromatic heterocycles. The molecule has 2 aliphatic heterocycles. The van der Waals surface area contributed by atoms with Crippen molar-refractivity contribution in [3.05, 3.63) is 11.6 Å². The number of hydrogen-bond donors (Lipinski definition) is 1. The van der Waals surface area contributed by atoms with Crippen molar-refractivity contribution in [2.75, 3.05) is 70.5 Å². The van der Waals surface area contributed by atoms with E-state index in [0.717, 1.165) is 70.7 Å². The molecule has 2 fully saturated rings. The van der Waals surface area contributed by atoms with Gasteiger partial charge in [0.25, 0.3) is 0 Å². The molecular weight excluding hydrogens is 427 g/mol. The van der Waals surface area contributed by atoms with Crippen molar-refractivity contribution in [1.82, 2.24) is 14.8 Å². The molecule has 0 aliphatic carbocycles. The van der Waals surface area contributed by atoms with Gasteiger partial charge >= 0.3 is 0 Å². The van der Waals surface area contributed by atoms with Crippen LogP contribution in [0.5, 0.6) is 0 Å². The number of rotatable bonds is 4. The van der Waals surface area contributed by atoms with Gasteiger partial charge in [-0.3, -0.25) is 9.89 Å². The number of anilines is 1. The van der Waals surface area contributed by atoms with Crippen LogP contribution in [-0.4, -0.2) is 86.3 Å². The zero-order chi connectivity index (χ0) is 15.2. The predicted molar refractivity (Wildman–Crippen MR) is 105 cm³/mol. The van der Waals surface area contributed by atoms with Crippen molar-refractivity contribution >= 4 is 46.4 Å². The first-order valence-electron chi connectivity index (χ1n) is 7.82. The van der Waals surface area contributed by atoms with E-state index < -0.39 is 0 Å². The SMILES string of the molecule is I.NC(=NCCN1CCOCC1)N1CCN(c2nccs2)CC1. The lowest BCUT2D eigenvalue weighted by atomic mass is 10.3. The molecule has 7 nitrogen and oxygen atoms in total. The van der Waals surface area contributed by atoms with Gasteiger partial charge in [0.15, 0.2) is 11.1 Å². The quantitative estimate of drug-likeness (QED) is 0.409. The van der Waals surface area contributed by atoms with Crippen molar-refractivity contribution in [1.29, 1.82) is 0 Å². The molecule has 0 unspecified atom stereocenters. The molecule has 0 radical (unpaired) electrons. The predicted octanol–water partition coefficient (Wildman–Crippen LogP) is 0.530. The van der Waals surface area contributed by atoms with E-state index >= 15 is 0 Å². The van der Waals surface area contributed by atoms with Crippen LogP contribution in [0.2, 0.25) is 0 Å². The van der Waals surface area contributed by atoms with E-state index in [2.05, 4.69) is 24.7 Å². The first-order valence-corrected chi connectivity index (χ1v) is 8.70. The second kappa shape index (κ2) is 9.60. The standard InChI is InChI=1S/C14H24N6OS.HI/c15-13(16-1-3-18-8-10-21-11-9-18)19-4-6-20(7-5-19)14-17-2-12-22-14;/h2,12H,1,3-11H2,(H2,15,16);1H. The number of nitrogens with zero attached hydrogens (tertiary/aromatic N) is 5. The Morgan fingerprint density at radius 1 is 1.22 bits per heavy atom. The first-order chi connectivity index (χ1) is 10.8. The first kappa shape index (κ1) is 18.7. The lowest BCUT2D eigenvalue weighted by molar-refractivity contribution is 0.0394. The van der Waals surface area contributed by atoms with Crippen LogP contribution in [0.4, 0.5) is 5.13 Å². The highest BCUT2D eigenvalue weighted by Gasteiger charge is 2.19. The largest absolute Gasteiger partial charge is 0.379 e. The molecule has 0 spiro atoms. The Labute approximate surface area is 158 Å². The maximum absolute atomic E-state index is 6.13. The van der Waals surface area contributed by atoms with Gasteiger partial charge in [0.1, 0.15) is 0 Å². The van der Waals surface area contributed by atoms with Gasteiger partial charge in [0.05, 0.1) is 19.8 Å². The number of thiazole rings is 1. The fourth-order valence-corrected chi connectivity index (χ4v) is 3.43. The molecule has 130 valence electrons. The summed E-state index contributed by atoms with van der Waals surface area (Å²) in [5.74, 6) is 0.673. The van der Waals surface area contributed by atoms with E-state index in [0.29, 0.717) is 5.96 Å². The molecule has 3 heterocycles. The number of hydrogen-bond acceptors (Lipinski definition) is 6. The third kappa shape index (κ3) is 5.44. The van der Waals surface area contributed by atoms with Gasteiger partial charge < -0.3 is 20.3 Å². The van der Waals surface area contributed by atoms with E-state index in [1.165, 1.54) is 0 Å². The molecule has 2 N–H and O–H groups in total. The highest BCUT2D eigenvalue weighted by molar-refractivity contribution is 14.0. The van der Waals surface area contributed by atoms with Crippen LogP contribution < -0.4 is 10.6 Å². The molecule has 3 rings (SSSR count). The summed E-state index contributed by atoms with van der Waals surface area (Å²) in [6.45, 7) is 9.11. The number of ether oxygens (including phenoxy) is 1. The normalized spacial score (nSPS) is 20.4. The molecule has 0 aromatic carbocycles.